The number of benzene rings is 4. The van der Waals surface area contributed by atoms with Gasteiger partial charge in [-0.15, -0.1) is 22.3 Å². The van der Waals surface area contributed by atoms with E-state index in [0.29, 0.717) is 45.7 Å². The van der Waals surface area contributed by atoms with E-state index in [1.54, 1.807) is 0 Å². The van der Waals surface area contributed by atoms with Crippen molar-refractivity contribution in [3.05, 3.63) is 117 Å². The molecule has 0 fully saturated rings. The van der Waals surface area contributed by atoms with Crippen LogP contribution in [0.4, 0.5) is 0 Å². The Balaban J connectivity index is 0.00000461. The molecule has 0 heterocycles. The molecule has 0 atom stereocenters. The quantitative estimate of drug-likeness (QED) is 0.123. The third kappa shape index (κ3) is 8.71. The van der Waals surface area contributed by atoms with E-state index in [9.17, 15) is 0 Å². The van der Waals surface area contributed by atoms with Crippen LogP contribution in [0.1, 0.15) is 97.9 Å². The number of fused-ring (bicyclic) bond motifs is 8. The number of para-hydroxylation sites is 2. The molecule has 0 unspecified atom stereocenters. The molecule has 235 valence electrons. The Morgan fingerprint density at radius 2 is 0.756 bits per heavy atom. The SMILES string of the molecule is CCCOc1c2[c-]ccc1Cc1cccc(c1OCCC)Cc1cccc(c1OCCC)Cc1cc[c-]c(c1OCCC)C2.[Y]. The van der Waals surface area contributed by atoms with Crippen molar-refractivity contribution in [3.63, 3.8) is 0 Å². The van der Waals surface area contributed by atoms with Crippen LogP contribution in [-0.2, 0) is 58.4 Å². The number of rotatable bonds is 12. The summed E-state index contributed by atoms with van der Waals surface area (Å²) in [7, 11) is 0. The van der Waals surface area contributed by atoms with Crippen molar-refractivity contribution in [2.24, 2.45) is 0 Å². The fourth-order valence-electron chi connectivity index (χ4n) is 5.87. The van der Waals surface area contributed by atoms with Crippen molar-refractivity contribution in [1.82, 2.24) is 0 Å². The first kappa shape index (κ1) is 35.0. The second-order valence-corrected chi connectivity index (χ2v) is 11.5. The molecule has 5 rings (SSSR count). The van der Waals surface area contributed by atoms with Crippen LogP contribution >= 0.6 is 0 Å². The van der Waals surface area contributed by atoms with Crippen LogP contribution < -0.4 is 18.9 Å². The minimum Gasteiger partial charge on any atom is -0.550 e. The van der Waals surface area contributed by atoms with Crippen molar-refractivity contribution >= 4 is 0 Å². The van der Waals surface area contributed by atoms with Gasteiger partial charge in [0.05, 0.1) is 26.4 Å². The van der Waals surface area contributed by atoms with Crippen LogP contribution in [0.3, 0.4) is 0 Å². The van der Waals surface area contributed by atoms with Crippen molar-refractivity contribution in [1.29, 1.82) is 0 Å². The molecule has 0 saturated carbocycles. The molecule has 0 amide bonds. The summed E-state index contributed by atoms with van der Waals surface area (Å²) in [6.45, 7) is 11.2. The minimum absolute atomic E-state index is 0. The van der Waals surface area contributed by atoms with Gasteiger partial charge >= 0.3 is 0 Å². The molecule has 4 nitrogen and oxygen atoms in total. The van der Waals surface area contributed by atoms with Gasteiger partial charge in [-0.05, 0) is 67.2 Å². The summed E-state index contributed by atoms with van der Waals surface area (Å²) in [6, 6.07) is 28.5. The van der Waals surface area contributed by atoms with E-state index in [4.69, 9.17) is 18.9 Å². The van der Waals surface area contributed by atoms with E-state index in [0.717, 1.165) is 88.5 Å². The van der Waals surface area contributed by atoms with Gasteiger partial charge < -0.3 is 18.9 Å². The topological polar surface area (TPSA) is 36.9 Å². The first-order chi connectivity index (χ1) is 21.7. The number of hydrogen-bond donors (Lipinski definition) is 0. The van der Waals surface area contributed by atoms with Crippen LogP contribution in [0.25, 0.3) is 0 Å². The van der Waals surface area contributed by atoms with Gasteiger partial charge in [0.2, 0.25) is 0 Å². The third-order valence-corrected chi connectivity index (χ3v) is 7.87. The zero-order chi connectivity index (χ0) is 30.7. The van der Waals surface area contributed by atoms with Gasteiger partial charge in [0.1, 0.15) is 11.5 Å². The van der Waals surface area contributed by atoms with E-state index < -0.39 is 0 Å². The van der Waals surface area contributed by atoms with Crippen molar-refractivity contribution in [3.8, 4) is 23.0 Å². The molecule has 0 spiro atoms. The van der Waals surface area contributed by atoms with Crippen LogP contribution in [0, 0.1) is 12.1 Å². The van der Waals surface area contributed by atoms with E-state index >= 15 is 0 Å². The molecule has 0 saturated heterocycles. The monoisotopic (exact) mass is 679 g/mol. The summed E-state index contributed by atoms with van der Waals surface area (Å²) >= 11 is 0. The molecule has 0 N–H and O–H groups in total. The van der Waals surface area contributed by atoms with Crippen LogP contribution in [0.15, 0.2) is 60.7 Å². The molecule has 4 aromatic carbocycles. The first-order valence-corrected chi connectivity index (χ1v) is 16.4. The van der Waals surface area contributed by atoms with Crippen molar-refractivity contribution in [2.45, 2.75) is 79.1 Å². The van der Waals surface area contributed by atoms with E-state index in [1.165, 1.54) is 11.1 Å². The standard InChI is InChI=1S/C40H46O4.Y/c1-5-21-41-37-29-13-9-14-30(37)26-32-16-11-18-34(39(32)43-23-7-3)28-36-20-12-19-35(40(36)44-24-8-4)27-33-17-10-15-31(25-29)38(33)42-22-6-2;/h9-17,19H,5-8,21-28H2,1-4H3;/q-2;. The second-order valence-electron chi connectivity index (χ2n) is 11.5. The summed E-state index contributed by atoms with van der Waals surface area (Å²) in [5, 5.41) is 0. The number of ether oxygens (including phenoxy) is 4. The summed E-state index contributed by atoms with van der Waals surface area (Å²) in [6.07, 6.45) is 6.51. The van der Waals surface area contributed by atoms with Gasteiger partial charge in [0.15, 0.2) is 0 Å². The van der Waals surface area contributed by atoms with E-state index in [1.807, 2.05) is 12.1 Å². The molecule has 1 radical (unpaired) electrons. The Labute approximate surface area is 295 Å². The zero-order valence-corrected chi connectivity index (χ0v) is 30.3. The summed E-state index contributed by atoms with van der Waals surface area (Å²) in [5.74, 6) is 3.76. The Morgan fingerprint density at radius 3 is 1.09 bits per heavy atom. The van der Waals surface area contributed by atoms with Gasteiger partial charge in [-0.25, -0.2) is 0 Å². The fraction of sp³-hybridized carbons (Fsp3) is 0.400. The maximum absolute atomic E-state index is 6.52. The Bertz CT molecular complexity index is 1220. The smallest absolute Gasteiger partial charge is 0.126 e. The normalized spacial score (nSPS) is 12.2. The Morgan fingerprint density at radius 1 is 0.444 bits per heavy atom. The van der Waals surface area contributed by atoms with Gasteiger partial charge in [-0.2, -0.15) is 36.4 Å². The molecule has 45 heavy (non-hydrogen) atoms. The first-order valence-electron chi connectivity index (χ1n) is 16.4. The maximum atomic E-state index is 6.52. The maximum Gasteiger partial charge on any atom is 0.126 e. The average molecular weight is 680 g/mol. The van der Waals surface area contributed by atoms with Crippen LogP contribution in [0.5, 0.6) is 23.0 Å². The average Bonchev–Trinajstić information content (AvgIpc) is 3.03. The summed E-state index contributed by atoms with van der Waals surface area (Å²) < 4.78 is 26.0. The van der Waals surface area contributed by atoms with Gasteiger partial charge in [0.25, 0.3) is 0 Å². The molecular formula is C40H46O4Y-2. The second kappa shape index (κ2) is 17.8. The van der Waals surface area contributed by atoms with Gasteiger partial charge in [0, 0.05) is 50.6 Å². The van der Waals surface area contributed by atoms with Gasteiger partial charge in [-0.3, -0.25) is 0 Å². The van der Waals surface area contributed by atoms with Crippen molar-refractivity contribution in [2.75, 3.05) is 26.4 Å². The molecule has 1 aliphatic rings. The molecular weight excluding hydrogens is 633 g/mol. The van der Waals surface area contributed by atoms with Crippen LogP contribution in [0.2, 0.25) is 0 Å². The summed E-state index contributed by atoms with van der Waals surface area (Å²) in [4.78, 5) is 0. The minimum atomic E-state index is 0. The van der Waals surface area contributed by atoms with Crippen LogP contribution in [-0.4, -0.2) is 26.4 Å². The largest absolute Gasteiger partial charge is 0.550 e. The summed E-state index contributed by atoms with van der Waals surface area (Å²) in [5.41, 5.74) is 8.99. The molecule has 5 heteroatoms. The predicted molar refractivity (Wildman–Crippen MR) is 178 cm³/mol. The van der Waals surface area contributed by atoms with Gasteiger partial charge in [-0.1, -0.05) is 64.1 Å². The van der Waals surface area contributed by atoms with E-state index in [2.05, 4.69) is 88.4 Å². The zero-order valence-electron chi connectivity index (χ0n) is 27.5. The van der Waals surface area contributed by atoms with Crippen molar-refractivity contribution < 1.29 is 51.7 Å². The molecule has 1 aliphatic carbocycles. The molecule has 4 aromatic rings. The fourth-order valence-corrected chi connectivity index (χ4v) is 5.87. The Hall–Kier alpha value is -2.82. The van der Waals surface area contributed by atoms with E-state index in [-0.39, 0.29) is 32.7 Å². The third-order valence-electron chi connectivity index (χ3n) is 7.87. The predicted octanol–water partition coefficient (Wildman–Crippen LogP) is 9.12. The number of hydrogen-bond acceptors (Lipinski definition) is 4. The molecule has 0 aliphatic heterocycles. The Kier molecular flexibility index (Phi) is 13.8. The molecule has 8 bridgehead atoms. The molecule has 0 aromatic heterocycles.